The van der Waals surface area contributed by atoms with Gasteiger partial charge in [-0.25, -0.2) is 8.42 Å². The summed E-state index contributed by atoms with van der Waals surface area (Å²) in [5, 5.41) is 2.06. The smallest absolute Gasteiger partial charge is 0.268 e. The highest BCUT2D eigenvalue weighted by Gasteiger charge is 2.27. The van der Waals surface area contributed by atoms with Crippen LogP contribution < -0.4 is 14.4 Å². The molecule has 150 valence electrons. The summed E-state index contributed by atoms with van der Waals surface area (Å²) in [7, 11) is -2.39. The van der Waals surface area contributed by atoms with E-state index in [2.05, 4.69) is 4.72 Å². The number of thiophene rings is 1. The zero-order chi connectivity index (χ0) is 20.6. The van der Waals surface area contributed by atoms with Gasteiger partial charge in [-0.05, 0) is 53.8 Å². The zero-order valence-corrected chi connectivity index (χ0v) is 17.8. The number of benzene rings is 2. The molecule has 1 aromatic heterocycles. The van der Waals surface area contributed by atoms with Crippen LogP contribution in [-0.2, 0) is 16.4 Å². The molecular weight excluding hydrogens is 432 g/mol. The topological polar surface area (TPSA) is 75.7 Å². The van der Waals surface area contributed by atoms with Gasteiger partial charge in [-0.2, -0.15) is 0 Å². The molecule has 0 fully saturated rings. The van der Waals surface area contributed by atoms with Crippen molar-refractivity contribution < 1.29 is 17.9 Å². The molecule has 6 nitrogen and oxygen atoms in total. The highest BCUT2D eigenvalue weighted by Crippen LogP contribution is 2.34. The second-order valence-electron chi connectivity index (χ2n) is 6.43. The van der Waals surface area contributed by atoms with Gasteiger partial charge < -0.3 is 9.64 Å². The predicted octanol–water partition coefficient (Wildman–Crippen LogP) is 4.41. The van der Waals surface area contributed by atoms with Crippen LogP contribution in [0.3, 0.4) is 0 Å². The predicted molar refractivity (Wildman–Crippen MR) is 115 cm³/mol. The van der Waals surface area contributed by atoms with Gasteiger partial charge in [0.25, 0.3) is 15.9 Å². The van der Waals surface area contributed by atoms with Gasteiger partial charge in [0.05, 0.1) is 27.6 Å². The molecule has 29 heavy (non-hydrogen) atoms. The van der Waals surface area contributed by atoms with Crippen LogP contribution in [-0.4, -0.2) is 28.0 Å². The first-order chi connectivity index (χ1) is 13.9. The molecule has 1 N–H and O–H groups in total. The monoisotopic (exact) mass is 448 g/mol. The fourth-order valence-electron chi connectivity index (χ4n) is 3.22. The Morgan fingerprint density at radius 2 is 2.03 bits per heavy atom. The van der Waals surface area contributed by atoms with E-state index in [1.165, 1.54) is 36.6 Å². The third kappa shape index (κ3) is 3.83. The first-order valence-electron chi connectivity index (χ1n) is 8.74. The molecule has 2 heterocycles. The number of nitrogens with one attached hydrogen (secondary N) is 1. The summed E-state index contributed by atoms with van der Waals surface area (Å²) in [5.74, 6) is 0.312. The number of ether oxygens (including phenoxy) is 1. The molecule has 4 rings (SSSR count). The Morgan fingerprint density at radius 3 is 2.72 bits per heavy atom. The maximum absolute atomic E-state index is 12.8. The Balaban J connectivity index is 1.61. The highest BCUT2D eigenvalue weighted by molar-refractivity contribution is 7.92. The van der Waals surface area contributed by atoms with Crippen molar-refractivity contribution in [1.29, 1.82) is 0 Å². The largest absolute Gasteiger partial charge is 0.495 e. The summed E-state index contributed by atoms with van der Waals surface area (Å²) in [4.78, 5) is 15.1. The molecule has 0 atom stereocenters. The number of rotatable bonds is 5. The van der Waals surface area contributed by atoms with Crippen molar-refractivity contribution in [3.8, 4) is 5.75 Å². The van der Waals surface area contributed by atoms with E-state index >= 15 is 0 Å². The number of sulfonamides is 1. The van der Waals surface area contributed by atoms with Gasteiger partial charge in [0.1, 0.15) is 5.75 Å². The number of fused-ring (bicyclic) bond motifs is 1. The van der Waals surface area contributed by atoms with Gasteiger partial charge in [0, 0.05) is 12.2 Å². The average molecular weight is 449 g/mol. The molecule has 1 aliphatic heterocycles. The number of halogens is 1. The van der Waals surface area contributed by atoms with Gasteiger partial charge in [-0.3, -0.25) is 9.52 Å². The van der Waals surface area contributed by atoms with E-state index in [1.54, 1.807) is 23.1 Å². The number of carbonyl (C=O) groups excluding carboxylic acids is 1. The third-order valence-corrected chi connectivity index (χ3v) is 7.18. The van der Waals surface area contributed by atoms with Crippen molar-refractivity contribution >= 4 is 50.2 Å². The van der Waals surface area contributed by atoms with Crippen LogP contribution in [0, 0.1) is 0 Å². The second kappa shape index (κ2) is 7.70. The first-order valence-corrected chi connectivity index (χ1v) is 11.5. The lowest BCUT2D eigenvalue weighted by Crippen LogP contribution is -2.28. The molecule has 0 radical (unpaired) electrons. The Bertz CT molecular complexity index is 1180. The van der Waals surface area contributed by atoms with Crippen molar-refractivity contribution in [1.82, 2.24) is 0 Å². The van der Waals surface area contributed by atoms with Crippen molar-refractivity contribution in [2.45, 2.75) is 11.3 Å². The highest BCUT2D eigenvalue weighted by atomic mass is 35.5. The minimum atomic E-state index is -3.85. The van der Waals surface area contributed by atoms with E-state index in [4.69, 9.17) is 16.3 Å². The fourth-order valence-corrected chi connectivity index (χ4v) is 5.28. The second-order valence-corrected chi connectivity index (χ2v) is 9.47. The lowest BCUT2D eigenvalue weighted by atomic mass is 10.1. The quantitative estimate of drug-likeness (QED) is 0.627. The van der Waals surface area contributed by atoms with Crippen LogP contribution in [0.2, 0.25) is 5.02 Å². The van der Waals surface area contributed by atoms with Crippen LogP contribution in [0.4, 0.5) is 11.4 Å². The van der Waals surface area contributed by atoms with E-state index in [1.807, 2.05) is 17.5 Å². The van der Waals surface area contributed by atoms with Crippen LogP contribution >= 0.6 is 22.9 Å². The maximum atomic E-state index is 12.8. The van der Waals surface area contributed by atoms with E-state index in [9.17, 15) is 13.2 Å². The number of anilines is 2. The fraction of sp³-hybridized carbons (Fsp3) is 0.150. The SMILES string of the molecule is COc1ccc(S(=O)(=O)Nc2ccc3c(c2)N(C(=O)c2cccs2)CC3)cc1Cl. The molecule has 1 amide bonds. The number of hydrogen-bond acceptors (Lipinski definition) is 5. The molecule has 0 saturated carbocycles. The Labute approximate surface area is 177 Å². The maximum Gasteiger partial charge on any atom is 0.268 e. The minimum absolute atomic E-state index is 0.0234. The number of hydrogen-bond donors (Lipinski definition) is 1. The molecule has 0 spiro atoms. The first kappa shape index (κ1) is 19.8. The van der Waals surface area contributed by atoms with E-state index in [-0.39, 0.29) is 15.8 Å². The number of nitrogens with zero attached hydrogens (tertiary/aromatic N) is 1. The summed E-state index contributed by atoms with van der Waals surface area (Å²) in [6.07, 6.45) is 0.730. The van der Waals surface area contributed by atoms with Crippen LogP contribution in [0.1, 0.15) is 15.2 Å². The van der Waals surface area contributed by atoms with E-state index in [0.29, 0.717) is 22.9 Å². The minimum Gasteiger partial charge on any atom is -0.495 e. The lowest BCUT2D eigenvalue weighted by molar-refractivity contribution is 0.0993. The van der Waals surface area contributed by atoms with E-state index in [0.717, 1.165) is 17.7 Å². The van der Waals surface area contributed by atoms with Crippen LogP contribution in [0.15, 0.2) is 58.8 Å². The van der Waals surface area contributed by atoms with Gasteiger partial charge in [-0.15, -0.1) is 11.3 Å². The number of methoxy groups -OCH3 is 1. The summed E-state index contributed by atoms with van der Waals surface area (Å²) in [6.45, 7) is 0.566. The number of amides is 1. The summed E-state index contributed by atoms with van der Waals surface area (Å²) in [6, 6.07) is 13.1. The Morgan fingerprint density at radius 1 is 1.21 bits per heavy atom. The van der Waals surface area contributed by atoms with E-state index < -0.39 is 10.0 Å². The molecule has 0 unspecified atom stereocenters. The average Bonchev–Trinajstić information content (AvgIpc) is 3.37. The molecule has 0 aliphatic carbocycles. The molecule has 9 heteroatoms. The van der Waals surface area contributed by atoms with Crippen molar-refractivity contribution in [2.75, 3.05) is 23.3 Å². The van der Waals surface area contributed by atoms with Gasteiger partial charge in [0.2, 0.25) is 0 Å². The summed E-state index contributed by atoms with van der Waals surface area (Å²) >= 11 is 7.44. The normalized spacial score (nSPS) is 13.2. The van der Waals surface area contributed by atoms with Crippen LogP contribution in [0.25, 0.3) is 0 Å². The van der Waals surface area contributed by atoms with Crippen molar-refractivity contribution in [3.05, 3.63) is 69.4 Å². The number of carbonyl (C=O) groups is 1. The third-order valence-electron chi connectivity index (χ3n) is 4.64. The van der Waals surface area contributed by atoms with Gasteiger partial charge >= 0.3 is 0 Å². The molecule has 3 aromatic rings. The standard InChI is InChI=1S/C20H17ClN2O4S2/c1-27-18-7-6-15(12-16(18)21)29(25,26)22-14-5-4-13-8-9-23(17(13)11-14)20(24)19-3-2-10-28-19/h2-7,10-12,22H,8-9H2,1H3. The molecular formula is C20H17ClN2O4S2. The Hall–Kier alpha value is -2.55. The zero-order valence-electron chi connectivity index (χ0n) is 15.4. The Kier molecular flexibility index (Phi) is 5.24. The summed E-state index contributed by atoms with van der Waals surface area (Å²) < 4.78 is 33.2. The van der Waals surface area contributed by atoms with Crippen molar-refractivity contribution in [3.63, 3.8) is 0 Å². The molecule has 1 aliphatic rings. The molecule has 2 aromatic carbocycles. The lowest BCUT2D eigenvalue weighted by Gasteiger charge is -2.17. The molecule has 0 saturated heterocycles. The molecule has 0 bridgehead atoms. The van der Waals surface area contributed by atoms with Crippen LogP contribution in [0.5, 0.6) is 5.75 Å². The van der Waals surface area contributed by atoms with Crippen molar-refractivity contribution in [2.24, 2.45) is 0 Å². The van der Waals surface area contributed by atoms with Gasteiger partial charge in [0.15, 0.2) is 0 Å². The van der Waals surface area contributed by atoms with Gasteiger partial charge in [-0.1, -0.05) is 23.7 Å². The summed E-state index contributed by atoms with van der Waals surface area (Å²) in [5.41, 5.74) is 2.10.